The van der Waals surface area contributed by atoms with Gasteiger partial charge in [0, 0.05) is 5.56 Å². The number of carbonyl (C=O) groups excluding carboxylic acids is 3. The van der Waals surface area contributed by atoms with E-state index in [2.05, 4.69) is 16.6 Å². The van der Waals surface area contributed by atoms with Crippen LogP contribution in [0.1, 0.15) is 50.3 Å². The molecule has 2 aromatic carbocycles. The summed E-state index contributed by atoms with van der Waals surface area (Å²) in [5.74, 6) is -1.22. The summed E-state index contributed by atoms with van der Waals surface area (Å²) in [7, 11) is 1.22. The van der Waals surface area contributed by atoms with Gasteiger partial charge < -0.3 is 29.1 Å². The summed E-state index contributed by atoms with van der Waals surface area (Å²) in [5, 5.41) is 11.8. The van der Waals surface area contributed by atoms with Crippen molar-refractivity contribution >= 4 is 30.0 Å². The van der Waals surface area contributed by atoms with Gasteiger partial charge in [0.2, 0.25) is 5.76 Å². The Balaban J connectivity index is 1.59. The highest BCUT2D eigenvalue weighted by molar-refractivity contribution is 6.13. The van der Waals surface area contributed by atoms with Crippen molar-refractivity contribution < 1.29 is 42.9 Å². The zero-order chi connectivity index (χ0) is 29.5. The molecule has 0 spiro atoms. The second-order valence-electron chi connectivity index (χ2n) is 8.86. The van der Waals surface area contributed by atoms with Crippen molar-refractivity contribution in [3.63, 3.8) is 0 Å². The fourth-order valence-corrected chi connectivity index (χ4v) is 4.16. The molecule has 3 amide bonds. The number of aromatic carboxylic acids is 1. The summed E-state index contributed by atoms with van der Waals surface area (Å²) in [6.45, 7) is 5.88. The molecular weight excluding hydrogens is 532 g/mol. The van der Waals surface area contributed by atoms with Crippen LogP contribution in [0.4, 0.5) is 4.79 Å². The molecule has 0 saturated carbocycles. The monoisotopic (exact) mass is 560 g/mol. The molecule has 3 aromatic rings. The largest absolute Gasteiger partial charge is 0.490 e. The Labute approximate surface area is 235 Å². The lowest BCUT2D eigenvalue weighted by Gasteiger charge is -2.17. The standard InChI is InChI=1S/C30H28N2O9/c1-4-7-20-13-19(15-25(39-5-2)26(20)40-17-18-8-6-9-21(12-18)28(34)35)14-23-27(33)32(30(37)31-23)16-22-10-11-24(41-22)29(36)38-3/h4,6,8-15H,1,5,7,16-17H2,2-3H3,(H,31,37)(H,34,35)/b23-14-. The number of imide groups is 1. The average molecular weight is 561 g/mol. The average Bonchev–Trinajstić information content (AvgIpc) is 3.53. The van der Waals surface area contributed by atoms with E-state index >= 15 is 0 Å². The number of amides is 3. The van der Waals surface area contributed by atoms with Crippen molar-refractivity contribution in [2.75, 3.05) is 13.7 Å². The number of carbonyl (C=O) groups is 4. The Hall–Kier alpha value is -5.32. The van der Waals surface area contributed by atoms with E-state index in [4.69, 9.17) is 13.9 Å². The maximum absolute atomic E-state index is 13.1. The molecule has 1 fully saturated rings. The Bertz CT molecular complexity index is 1540. The zero-order valence-corrected chi connectivity index (χ0v) is 22.5. The molecule has 1 aliphatic heterocycles. The molecule has 2 heterocycles. The maximum Gasteiger partial charge on any atom is 0.373 e. The van der Waals surface area contributed by atoms with Crippen LogP contribution in [0.3, 0.4) is 0 Å². The van der Waals surface area contributed by atoms with E-state index < -0.39 is 23.9 Å². The molecule has 0 unspecified atom stereocenters. The van der Waals surface area contributed by atoms with E-state index in [1.54, 1.807) is 30.3 Å². The Kier molecular flexibility index (Phi) is 8.88. The van der Waals surface area contributed by atoms with Gasteiger partial charge in [-0.15, -0.1) is 6.58 Å². The van der Waals surface area contributed by atoms with Crippen LogP contribution in [0.5, 0.6) is 11.5 Å². The summed E-state index contributed by atoms with van der Waals surface area (Å²) >= 11 is 0. The third-order valence-electron chi connectivity index (χ3n) is 6.01. The first kappa shape index (κ1) is 28.7. The normalized spacial score (nSPS) is 13.7. The maximum atomic E-state index is 13.1. The first-order chi connectivity index (χ1) is 19.7. The lowest BCUT2D eigenvalue weighted by molar-refractivity contribution is -0.123. The van der Waals surface area contributed by atoms with E-state index in [-0.39, 0.29) is 35.9 Å². The number of hydrogen-bond donors (Lipinski definition) is 2. The SMILES string of the molecule is C=CCc1cc(/C=C2\NC(=O)N(Cc3ccc(C(=O)OC)o3)C2=O)cc(OCC)c1OCc1cccc(C(=O)O)c1. The van der Waals surface area contributed by atoms with Gasteiger partial charge in [-0.25, -0.2) is 14.4 Å². The van der Waals surface area contributed by atoms with Crippen LogP contribution in [0.25, 0.3) is 6.08 Å². The minimum absolute atomic E-state index is 0.0413. The molecular formula is C30H28N2O9. The molecule has 0 aliphatic carbocycles. The Morgan fingerprint density at radius 1 is 1.12 bits per heavy atom. The number of furan rings is 1. The predicted molar refractivity (Wildman–Crippen MR) is 146 cm³/mol. The molecule has 1 aromatic heterocycles. The van der Waals surface area contributed by atoms with Gasteiger partial charge in [-0.05, 0) is 66.9 Å². The number of hydrogen-bond acceptors (Lipinski definition) is 8. The molecule has 11 nitrogen and oxygen atoms in total. The highest BCUT2D eigenvalue weighted by Crippen LogP contribution is 2.35. The van der Waals surface area contributed by atoms with Crippen LogP contribution in [-0.4, -0.2) is 47.6 Å². The van der Waals surface area contributed by atoms with Gasteiger partial charge in [-0.1, -0.05) is 18.2 Å². The van der Waals surface area contributed by atoms with Gasteiger partial charge in [-0.3, -0.25) is 9.69 Å². The molecule has 0 bridgehead atoms. The van der Waals surface area contributed by atoms with Gasteiger partial charge >= 0.3 is 18.0 Å². The Morgan fingerprint density at radius 2 is 1.93 bits per heavy atom. The first-order valence-electron chi connectivity index (χ1n) is 12.6. The minimum atomic E-state index is -1.03. The van der Waals surface area contributed by atoms with Crippen molar-refractivity contribution in [1.82, 2.24) is 10.2 Å². The first-order valence-corrected chi connectivity index (χ1v) is 12.6. The molecule has 11 heteroatoms. The van der Waals surface area contributed by atoms with E-state index in [0.717, 1.165) is 4.90 Å². The molecule has 41 heavy (non-hydrogen) atoms. The van der Waals surface area contributed by atoms with Crippen molar-refractivity contribution in [2.24, 2.45) is 0 Å². The smallest absolute Gasteiger partial charge is 0.373 e. The quantitative estimate of drug-likeness (QED) is 0.141. The van der Waals surface area contributed by atoms with Crippen LogP contribution in [0.15, 0.2) is 71.3 Å². The fraction of sp³-hybridized carbons (Fsp3) is 0.200. The topological polar surface area (TPSA) is 145 Å². The summed E-state index contributed by atoms with van der Waals surface area (Å²) in [5.41, 5.74) is 2.14. The number of rotatable bonds is 12. The number of nitrogens with zero attached hydrogens (tertiary/aromatic N) is 1. The summed E-state index contributed by atoms with van der Waals surface area (Å²) in [4.78, 5) is 49.6. The zero-order valence-electron chi connectivity index (χ0n) is 22.5. The van der Waals surface area contributed by atoms with Gasteiger partial charge in [0.15, 0.2) is 11.5 Å². The van der Waals surface area contributed by atoms with Crippen LogP contribution in [0.2, 0.25) is 0 Å². The predicted octanol–water partition coefficient (Wildman–Crippen LogP) is 4.56. The second-order valence-corrected chi connectivity index (χ2v) is 8.86. The van der Waals surface area contributed by atoms with E-state index in [9.17, 15) is 24.3 Å². The molecule has 0 atom stereocenters. The molecule has 1 aliphatic rings. The number of carboxylic acids is 1. The van der Waals surface area contributed by atoms with Crippen LogP contribution in [0, 0.1) is 0 Å². The lowest BCUT2D eigenvalue weighted by atomic mass is 10.0. The van der Waals surface area contributed by atoms with Gasteiger partial charge in [0.25, 0.3) is 5.91 Å². The number of allylic oxidation sites excluding steroid dienone is 1. The van der Waals surface area contributed by atoms with Crippen molar-refractivity contribution in [3.8, 4) is 11.5 Å². The van der Waals surface area contributed by atoms with Crippen molar-refractivity contribution in [2.45, 2.75) is 26.5 Å². The second kappa shape index (κ2) is 12.7. The summed E-state index contributed by atoms with van der Waals surface area (Å²) in [6, 6.07) is 12.2. The number of methoxy groups -OCH3 is 1. The van der Waals surface area contributed by atoms with Crippen molar-refractivity contribution in [3.05, 3.63) is 101 Å². The summed E-state index contributed by atoms with van der Waals surface area (Å²) < 4.78 is 21.9. The highest BCUT2D eigenvalue weighted by Gasteiger charge is 2.34. The number of urea groups is 1. The Morgan fingerprint density at radius 3 is 2.63 bits per heavy atom. The fourth-order valence-electron chi connectivity index (χ4n) is 4.16. The van der Waals surface area contributed by atoms with Crippen LogP contribution in [-0.2, 0) is 29.1 Å². The third kappa shape index (κ3) is 6.64. The van der Waals surface area contributed by atoms with E-state index in [1.807, 2.05) is 6.92 Å². The molecule has 0 radical (unpaired) electrons. The molecule has 1 saturated heterocycles. The highest BCUT2D eigenvalue weighted by atomic mass is 16.5. The number of esters is 1. The van der Waals surface area contributed by atoms with E-state index in [1.165, 1.54) is 37.5 Å². The lowest BCUT2D eigenvalue weighted by Crippen LogP contribution is -2.30. The minimum Gasteiger partial charge on any atom is -0.490 e. The number of ether oxygens (including phenoxy) is 3. The molecule has 4 rings (SSSR count). The number of benzene rings is 2. The third-order valence-corrected chi connectivity index (χ3v) is 6.01. The van der Waals surface area contributed by atoms with Crippen LogP contribution < -0.4 is 14.8 Å². The molecule has 2 N–H and O–H groups in total. The van der Waals surface area contributed by atoms with E-state index in [0.29, 0.717) is 41.2 Å². The number of nitrogens with one attached hydrogen (secondary N) is 1. The molecule has 212 valence electrons. The van der Waals surface area contributed by atoms with Crippen molar-refractivity contribution in [1.29, 1.82) is 0 Å². The summed E-state index contributed by atoms with van der Waals surface area (Å²) in [6.07, 6.45) is 3.63. The van der Waals surface area contributed by atoms with Gasteiger partial charge in [0.1, 0.15) is 18.1 Å². The number of carboxylic acid groups (broad SMARTS) is 1. The van der Waals surface area contributed by atoms with Gasteiger partial charge in [0.05, 0.1) is 25.8 Å². The van der Waals surface area contributed by atoms with Gasteiger partial charge in [-0.2, -0.15) is 0 Å². The van der Waals surface area contributed by atoms with Crippen LogP contribution >= 0.6 is 0 Å².